The number of azo groups is 1. The largest absolute Gasteiger partial charge is 0.454 e. The summed E-state index contributed by atoms with van der Waals surface area (Å²) < 4.78 is 10.2. The number of fused-ring (bicyclic) bond motifs is 1. The Morgan fingerprint density at radius 2 is 1.75 bits per heavy atom. The molecule has 2 heterocycles. The van der Waals surface area contributed by atoms with Crippen LogP contribution < -0.4 is 14.4 Å². The van der Waals surface area contributed by atoms with Crippen molar-refractivity contribution in [2.24, 2.45) is 10.2 Å². The molecular weight excluding hydrogens is 214 g/mol. The van der Waals surface area contributed by atoms with Crippen molar-refractivity contribution < 1.29 is 19.1 Å². The molecule has 0 radical (unpaired) electrons. The van der Waals surface area contributed by atoms with Gasteiger partial charge in [-0.1, -0.05) is 10.2 Å². The normalized spacial score (nSPS) is 17.4. The van der Waals surface area contributed by atoms with Crippen LogP contribution in [0.2, 0.25) is 0 Å². The quantitative estimate of drug-likeness (QED) is 0.722. The zero-order valence-electron chi connectivity index (χ0n) is 7.91. The van der Waals surface area contributed by atoms with E-state index in [9.17, 15) is 9.59 Å². The number of carbonyl (C=O) groups is 2. The smallest absolute Gasteiger partial charge is 0.375 e. The summed E-state index contributed by atoms with van der Waals surface area (Å²) in [5, 5.41) is 6.32. The van der Waals surface area contributed by atoms with E-state index < -0.39 is 12.1 Å². The Labute approximate surface area is 89.3 Å². The van der Waals surface area contributed by atoms with Crippen LogP contribution in [0.3, 0.4) is 0 Å². The number of imide groups is 1. The van der Waals surface area contributed by atoms with Gasteiger partial charge in [0.2, 0.25) is 6.79 Å². The summed E-state index contributed by atoms with van der Waals surface area (Å²) in [6.07, 6.45) is 0. The Balaban J connectivity index is 2.02. The summed E-state index contributed by atoms with van der Waals surface area (Å²) in [7, 11) is 0. The van der Waals surface area contributed by atoms with Gasteiger partial charge in [-0.2, -0.15) is 0 Å². The molecule has 0 saturated carbocycles. The van der Waals surface area contributed by atoms with Crippen molar-refractivity contribution in [3.8, 4) is 11.5 Å². The van der Waals surface area contributed by atoms with E-state index in [0.717, 1.165) is 4.90 Å². The first kappa shape index (κ1) is 8.84. The minimum atomic E-state index is -0.705. The molecule has 0 saturated heterocycles. The average molecular weight is 219 g/mol. The Hall–Kier alpha value is -2.44. The summed E-state index contributed by atoms with van der Waals surface area (Å²) in [5.41, 5.74) is 0.365. The standard InChI is InChI=1S/C9H5N3O4/c13-8-10-11-9(14)12(8)5-1-2-6-7(3-5)16-4-15-6/h1-3H,4H2. The van der Waals surface area contributed by atoms with Crippen molar-refractivity contribution in [1.29, 1.82) is 0 Å². The van der Waals surface area contributed by atoms with Crippen molar-refractivity contribution in [1.82, 2.24) is 0 Å². The van der Waals surface area contributed by atoms with Gasteiger partial charge in [0.25, 0.3) is 0 Å². The molecule has 7 heteroatoms. The molecule has 16 heavy (non-hydrogen) atoms. The maximum atomic E-state index is 11.3. The molecule has 1 aromatic carbocycles. The summed E-state index contributed by atoms with van der Waals surface area (Å²) in [5.74, 6) is 1.07. The van der Waals surface area contributed by atoms with E-state index in [1.807, 2.05) is 0 Å². The van der Waals surface area contributed by atoms with Gasteiger partial charge < -0.3 is 9.47 Å². The Morgan fingerprint density at radius 1 is 1.06 bits per heavy atom. The number of hydrogen-bond donors (Lipinski definition) is 0. The van der Waals surface area contributed by atoms with Gasteiger partial charge in [-0.15, -0.1) is 0 Å². The monoisotopic (exact) mass is 219 g/mol. The van der Waals surface area contributed by atoms with Gasteiger partial charge in [0.1, 0.15) is 0 Å². The Bertz CT molecular complexity index is 507. The highest BCUT2D eigenvalue weighted by Crippen LogP contribution is 2.36. The van der Waals surface area contributed by atoms with Gasteiger partial charge in [-0.05, 0) is 12.1 Å². The lowest BCUT2D eigenvalue weighted by Gasteiger charge is -2.10. The molecule has 0 unspecified atom stereocenters. The molecule has 7 nitrogen and oxygen atoms in total. The van der Waals surface area contributed by atoms with Gasteiger partial charge >= 0.3 is 12.1 Å². The van der Waals surface area contributed by atoms with Crippen LogP contribution in [0, 0.1) is 0 Å². The summed E-state index contributed by atoms with van der Waals surface area (Å²) in [4.78, 5) is 23.4. The topological polar surface area (TPSA) is 80.6 Å². The number of urea groups is 2. The third-order valence-corrected chi connectivity index (χ3v) is 2.22. The number of carbonyl (C=O) groups excluding carboxylic acids is 2. The number of rotatable bonds is 1. The van der Waals surface area contributed by atoms with E-state index in [2.05, 4.69) is 10.2 Å². The fourth-order valence-electron chi connectivity index (χ4n) is 1.50. The minimum Gasteiger partial charge on any atom is -0.454 e. The Morgan fingerprint density at radius 3 is 2.50 bits per heavy atom. The van der Waals surface area contributed by atoms with Crippen LogP contribution in [0.25, 0.3) is 0 Å². The maximum Gasteiger partial charge on any atom is 0.375 e. The van der Waals surface area contributed by atoms with Gasteiger partial charge in [-0.3, -0.25) is 0 Å². The molecule has 80 valence electrons. The van der Waals surface area contributed by atoms with Crippen LogP contribution in [0.1, 0.15) is 0 Å². The lowest BCUT2D eigenvalue weighted by atomic mass is 10.2. The summed E-state index contributed by atoms with van der Waals surface area (Å²) in [6.45, 7) is 0.134. The first-order valence-electron chi connectivity index (χ1n) is 4.45. The van der Waals surface area contributed by atoms with E-state index in [4.69, 9.17) is 9.47 Å². The molecule has 0 fully saturated rings. The summed E-state index contributed by atoms with van der Waals surface area (Å²) >= 11 is 0. The predicted octanol–water partition coefficient (Wildman–Crippen LogP) is 1.93. The fourth-order valence-corrected chi connectivity index (χ4v) is 1.50. The maximum absolute atomic E-state index is 11.3. The van der Waals surface area contributed by atoms with Gasteiger partial charge in [0.05, 0.1) is 5.69 Å². The lowest BCUT2D eigenvalue weighted by Crippen LogP contribution is -2.27. The van der Waals surface area contributed by atoms with E-state index in [1.165, 1.54) is 6.07 Å². The predicted molar refractivity (Wildman–Crippen MR) is 50.7 cm³/mol. The molecule has 0 atom stereocenters. The molecule has 0 aromatic heterocycles. The second kappa shape index (κ2) is 3.02. The fraction of sp³-hybridized carbons (Fsp3) is 0.111. The zero-order chi connectivity index (χ0) is 11.1. The molecule has 2 aliphatic heterocycles. The van der Waals surface area contributed by atoms with Gasteiger partial charge in [0, 0.05) is 6.07 Å². The zero-order valence-corrected chi connectivity index (χ0v) is 7.91. The van der Waals surface area contributed by atoms with Crippen molar-refractivity contribution in [3.63, 3.8) is 0 Å². The highest BCUT2D eigenvalue weighted by atomic mass is 16.7. The third-order valence-electron chi connectivity index (χ3n) is 2.22. The minimum absolute atomic E-state index is 0.134. The SMILES string of the molecule is O=C1N=NC(=O)N1c1ccc2c(c1)OCO2. The van der Waals surface area contributed by atoms with Crippen molar-refractivity contribution in [2.45, 2.75) is 0 Å². The highest BCUT2D eigenvalue weighted by Gasteiger charge is 2.30. The molecule has 3 rings (SSSR count). The van der Waals surface area contributed by atoms with E-state index in [1.54, 1.807) is 12.1 Å². The first-order valence-corrected chi connectivity index (χ1v) is 4.45. The summed E-state index contributed by atoms with van der Waals surface area (Å²) in [6, 6.07) is 3.32. The molecular formula is C9H5N3O4. The molecule has 0 N–H and O–H groups in total. The first-order chi connectivity index (χ1) is 7.75. The van der Waals surface area contributed by atoms with Crippen LogP contribution in [0.15, 0.2) is 28.4 Å². The lowest BCUT2D eigenvalue weighted by molar-refractivity contribution is 0.174. The van der Waals surface area contributed by atoms with Crippen LogP contribution in [0.4, 0.5) is 15.3 Å². The molecule has 4 amide bonds. The molecule has 0 aliphatic carbocycles. The average Bonchev–Trinajstić information content (AvgIpc) is 2.85. The van der Waals surface area contributed by atoms with Gasteiger partial charge in [-0.25, -0.2) is 14.5 Å². The number of ether oxygens (including phenoxy) is 2. The van der Waals surface area contributed by atoms with Gasteiger partial charge in [0.15, 0.2) is 11.5 Å². The number of benzene rings is 1. The number of nitrogens with zero attached hydrogens (tertiary/aromatic N) is 3. The number of amides is 4. The van der Waals surface area contributed by atoms with Crippen LogP contribution >= 0.6 is 0 Å². The van der Waals surface area contributed by atoms with E-state index in [0.29, 0.717) is 17.2 Å². The number of anilines is 1. The van der Waals surface area contributed by atoms with Crippen LogP contribution in [-0.4, -0.2) is 18.9 Å². The second-order valence-electron chi connectivity index (χ2n) is 3.14. The van der Waals surface area contributed by atoms with E-state index in [-0.39, 0.29) is 6.79 Å². The van der Waals surface area contributed by atoms with Crippen LogP contribution in [0.5, 0.6) is 11.5 Å². The molecule has 0 spiro atoms. The molecule has 1 aromatic rings. The number of hydrogen-bond acceptors (Lipinski definition) is 4. The van der Waals surface area contributed by atoms with Crippen molar-refractivity contribution in [2.75, 3.05) is 11.7 Å². The van der Waals surface area contributed by atoms with Crippen molar-refractivity contribution in [3.05, 3.63) is 18.2 Å². The van der Waals surface area contributed by atoms with Crippen LogP contribution in [-0.2, 0) is 0 Å². The second-order valence-corrected chi connectivity index (χ2v) is 3.14. The Kier molecular flexibility index (Phi) is 1.67. The van der Waals surface area contributed by atoms with E-state index >= 15 is 0 Å². The van der Waals surface area contributed by atoms with Crippen molar-refractivity contribution >= 4 is 17.7 Å². The highest BCUT2D eigenvalue weighted by molar-refractivity contribution is 6.17. The molecule has 2 aliphatic rings. The third kappa shape index (κ3) is 1.14. The molecule has 0 bridgehead atoms.